The fourth-order valence-corrected chi connectivity index (χ4v) is 5.13. The maximum atomic E-state index is 13.3. The number of aromatic nitrogens is 2. The molecule has 0 aliphatic rings. The third-order valence-corrected chi connectivity index (χ3v) is 7.35. The van der Waals surface area contributed by atoms with Crippen LogP contribution in [0.25, 0.3) is 10.2 Å². The number of anilines is 1. The fourth-order valence-electron chi connectivity index (χ4n) is 3.26. The summed E-state index contributed by atoms with van der Waals surface area (Å²) in [6, 6.07) is 9.43. The Morgan fingerprint density at radius 2 is 2.00 bits per heavy atom. The number of thiophene rings is 1. The molecule has 1 N–H and O–H groups in total. The minimum atomic E-state index is -0.148. The lowest BCUT2D eigenvalue weighted by Gasteiger charge is -2.12. The number of carbonyl (C=O) groups excluding carboxylic acids is 1. The summed E-state index contributed by atoms with van der Waals surface area (Å²) in [5.41, 5.74) is 3.89. The number of nitrogens with one attached hydrogen (secondary N) is 1. The molecule has 0 fully saturated rings. The summed E-state index contributed by atoms with van der Waals surface area (Å²) in [5, 5.41) is 4.06. The Bertz CT molecular complexity index is 1320. The zero-order valence-corrected chi connectivity index (χ0v) is 19.4. The van der Waals surface area contributed by atoms with Gasteiger partial charge in [0.15, 0.2) is 5.16 Å². The SMILES string of the molecule is Cc1ccc(NC(=O)CSc2nc3sc(C)c(C)c3c(=O)n2Cc2ccco2)cc1C. The zero-order chi connectivity index (χ0) is 22.1. The summed E-state index contributed by atoms with van der Waals surface area (Å²) < 4.78 is 7.04. The second kappa shape index (κ2) is 8.72. The van der Waals surface area contributed by atoms with Crippen molar-refractivity contribution in [1.82, 2.24) is 9.55 Å². The van der Waals surface area contributed by atoms with E-state index < -0.39 is 0 Å². The van der Waals surface area contributed by atoms with Crippen LogP contribution in [-0.2, 0) is 11.3 Å². The fraction of sp³-hybridized carbons (Fsp3) is 0.261. The van der Waals surface area contributed by atoms with E-state index in [1.807, 2.05) is 52.0 Å². The Hall–Kier alpha value is -2.84. The molecule has 0 bridgehead atoms. The van der Waals surface area contributed by atoms with Crippen molar-refractivity contribution in [3.63, 3.8) is 0 Å². The van der Waals surface area contributed by atoms with Gasteiger partial charge in [-0.1, -0.05) is 17.8 Å². The minimum absolute atomic E-state index is 0.111. The van der Waals surface area contributed by atoms with Gasteiger partial charge in [0.1, 0.15) is 10.6 Å². The lowest BCUT2D eigenvalue weighted by molar-refractivity contribution is -0.113. The summed E-state index contributed by atoms with van der Waals surface area (Å²) in [6.45, 7) is 8.24. The molecule has 1 amide bonds. The van der Waals surface area contributed by atoms with Gasteiger partial charge < -0.3 is 9.73 Å². The van der Waals surface area contributed by atoms with Crippen molar-refractivity contribution in [1.29, 1.82) is 0 Å². The van der Waals surface area contributed by atoms with Crippen LogP contribution < -0.4 is 10.9 Å². The third kappa shape index (κ3) is 4.45. The van der Waals surface area contributed by atoms with Gasteiger partial charge >= 0.3 is 0 Å². The van der Waals surface area contributed by atoms with Crippen LogP contribution >= 0.6 is 23.1 Å². The summed E-state index contributed by atoms with van der Waals surface area (Å²) in [7, 11) is 0. The van der Waals surface area contributed by atoms with Gasteiger partial charge in [-0.3, -0.25) is 14.2 Å². The normalized spacial score (nSPS) is 11.2. The summed E-state index contributed by atoms with van der Waals surface area (Å²) >= 11 is 2.75. The van der Waals surface area contributed by atoms with Crippen molar-refractivity contribution < 1.29 is 9.21 Å². The van der Waals surface area contributed by atoms with Gasteiger partial charge in [-0.2, -0.15) is 0 Å². The van der Waals surface area contributed by atoms with E-state index in [1.165, 1.54) is 28.7 Å². The molecule has 0 atom stereocenters. The number of thioether (sulfide) groups is 1. The Morgan fingerprint density at radius 3 is 2.71 bits per heavy atom. The summed E-state index contributed by atoms with van der Waals surface area (Å²) in [6.07, 6.45) is 1.58. The molecule has 0 saturated carbocycles. The number of hydrogen-bond acceptors (Lipinski definition) is 6. The largest absolute Gasteiger partial charge is 0.467 e. The van der Waals surface area contributed by atoms with Crippen LogP contribution in [0.5, 0.6) is 0 Å². The summed E-state index contributed by atoms with van der Waals surface area (Å²) in [5.74, 6) is 0.659. The van der Waals surface area contributed by atoms with Gasteiger partial charge in [-0.05, 0) is 68.7 Å². The highest BCUT2D eigenvalue weighted by Crippen LogP contribution is 2.29. The predicted octanol–water partition coefficient (Wildman–Crippen LogP) is 5.06. The highest BCUT2D eigenvalue weighted by atomic mass is 32.2. The van der Waals surface area contributed by atoms with E-state index in [2.05, 4.69) is 5.32 Å². The van der Waals surface area contributed by atoms with Gasteiger partial charge in [0.05, 0.1) is 23.9 Å². The number of nitrogens with zero attached hydrogens (tertiary/aromatic N) is 2. The van der Waals surface area contributed by atoms with E-state index in [-0.39, 0.29) is 23.8 Å². The Morgan fingerprint density at radius 1 is 1.19 bits per heavy atom. The van der Waals surface area contributed by atoms with Gasteiger partial charge in [0, 0.05) is 10.6 Å². The lowest BCUT2D eigenvalue weighted by Crippen LogP contribution is -2.24. The van der Waals surface area contributed by atoms with E-state index in [9.17, 15) is 9.59 Å². The van der Waals surface area contributed by atoms with E-state index in [1.54, 1.807) is 16.9 Å². The van der Waals surface area contributed by atoms with Crippen LogP contribution in [0.4, 0.5) is 5.69 Å². The van der Waals surface area contributed by atoms with E-state index in [0.29, 0.717) is 21.1 Å². The molecule has 8 heteroatoms. The zero-order valence-electron chi connectivity index (χ0n) is 17.8. The molecule has 0 unspecified atom stereocenters. The molecule has 3 aromatic heterocycles. The molecule has 0 spiro atoms. The first kappa shape index (κ1) is 21.4. The molecule has 31 heavy (non-hydrogen) atoms. The molecular formula is C23H23N3O3S2. The number of amides is 1. The quantitative estimate of drug-likeness (QED) is 0.326. The molecule has 0 saturated heterocycles. The molecule has 0 aliphatic heterocycles. The molecular weight excluding hydrogens is 430 g/mol. The van der Waals surface area contributed by atoms with Crippen LogP contribution in [-0.4, -0.2) is 21.2 Å². The van der Waals surface area contributed by atoms with Crippen LogP contribution in [0.3, 0.4) is 0 Å². The highest BCUT2D eigenvalue weighted by molar-refractivity contribution is 7.99. The van der Waals surface area contributed by atoms with Crippen molar-refractivity contribution in [2.45, 2.75) is 39.4 Å². The highest BCUT2D eigenvalue weighted by Gasteiger charge is 2.18. The van der Waals surface area contributed by atoms with Crippen molar-refractivity contribution in [3.8, 4) is 0 Å². The number of fused-ring (bicyclic) bond motifs is 1. The number of carbonyl (C=O) groups is 1. The topological polar surface area (TPSA) is 77.1 Å². The Balaban J connectivity index is 1.61. The maximum Gasteiger partial charge on any atom is 0.263 e. The standard InChI is InChI=1S/C23H23N3O3S2/c1-13-7-8-17(10-14(13)2)24-19(27)12-30-23-25-21-20(15(3)16(4)31-21)22(28)26(23)11-18-6-5-9-29-18/h5-10H,11-12H2,1-4H3,(H,24,27). The van der Waals surface area contributed by atoms with Crippen LogP contribution in [0.15, 0.2) is 51.0 Å². The van der Waals surface area contributed by atoms with Crippen LogP contribution in [0, 0.1) is 27.7 Å². The minimum Gasteiger partial charge on any atom is -0.467 e. The van der Waals surface area contributed by atoms with Gasteiger partial charge in [0.2, 0.25) is 5.91 Å². The lowest BCUT2D eigenvalue weighted by atomic mass is 10.1. The van der Waals surface area contributed by atoms with Crippen molar-refractivity contribution in [2.75, 3.05) is 11.1 Å². The van der Waals surface area contributed by atoms with Crippen molar-refractivity contribution in [2.24, 2.45) is 0 Å². The third-order valence-electron chi connectivity index (χ3n) is 5.27. The van der Waals surface area contributed by atoms with E-state index >= 15 is 0 Å². The average molecular weight is 454 g/mol. The van der Waals surface area contributed by atoms with Crippen molar-refractivity contribution in [3.05, 3.63) is 74.3 Å². The number of aryl methyl sites for hydroxylation is 4. The molecule has 4 aromatic rings. The number of furan rings is 1. The summed E-state index contributed by atoms with van der Waals surface area (Å²) in [4.78, 5) is 32.3. The number of benzene rings is 1. The predicted molar refractivity (Wildman–Crippen MR) is 126 cm³/mol. The smallest absolute Gasteiger partial charge is 0.263 e. The molecule has 6 nitrogen and oxygen atoms in total. The molecule has 0 radical (unpaired) electrons. The molecule has 3 heterocycles. The Labute approximate surface area is 188 Å². The molecule has 160 valence electrons. The van der Waals surface area contributed by atoms with Crippen LogP contribution in [0.1, 0.15) is 27.3 Å². The first-order valence-corrected chi connectivity index (χ1v) is 11.7. The van der Waals surface area contributed by atoms with E-state index in [4.69, 9.17) is 9.40 Å². The van der Waals surface area contributed by atoms with Gasteiger partial charge in [0.25, 0.3) is 5.56 Å². The molecule has 4 rings (SSSR count). The maximum absolute atomic E-state index is 13.3. The monoisotopic (exact) mass is 453 g/mol. The van der Waals surface area contributed by atoms with E-state index in [0.717, 1.165) is 21.7 Å². The van der Waals surface area contributed by atoms with Crippen molar-refractivity contribution >= 4 is 44.9 Å². The molecule has 0 aliphatic carbocycles. The first-order chi connectivity index (χ1) is 14.8. The average Bonchev–Trinajstić information content (AvgIpc) is 3.34. The van der Waals surface area contributed by atoms with Gasteiger partial charge in [-0.15, -0.1) is 11.3 Å². The Kier molecular flexibility index (Phi) is 6.02. The number of rotatable bonds is 6. The van der Waals surface area contributed by atoms with Gasteiger partial charge in [-0.25, -0.2) is 4.98 Å². The second-order valence-electron chi connectivity index (χ2n) is 7.46. The molecule has 1 aromatic carbocycles. The first-order valence-electron chi connectivity index (χ1n) is 9.86. The van der Waals surface area contributed by atoms with Crippen LogP contribution in [0.2, 0.25) is 0 Å². The number of hydrogen-bond donors (Lipinski definition) is 1. The second-order valence-corrected chi connectivity index (χ2v) is 9.61.